The zero-order chi connectivity index (χ0) is 11.3. The summed E-state index contributed by atoms with van der Waals surface area (Å²) < 4.78 is 9.89. The Kier molecular flexibility index (Phi) is 4.52. The fourth-order valence-corrected chi connectivity index (χ4v) is 1.16. The van der Waals surface area contributed by atoms with Gasteiger partial charge in [-0.3, -0.25) is 0 Å². The van der Waals surface area contributed by atoms with Gasteiger partial charge in [-0.25, -0.2) is 4.98 Å². The predicted molar refractivity (Wildman–Crippen MR) is 56.5 cm³/mol. The third-order valence-corrected chi connectivity index (χ3v) is 2.06. The lowest BCUT2D eigenvalue weighted by atomic mass is 10.0. The number of nitrogens with zero attached hydrogens (tertiary/aromatic N) is 1. The molecule has 0 amide bonds. The smallest absolute Gasteiger partial charge is 0.215 e. The number of hydrogen-bond donors (Lipinski definition) is 1. The van der Waals surface area contributed by atoms with Crippen molar-refractivity contribution in [1.82, 2.24) is 4.98 Å². The molecular formula is C11H17NO3. The minimum absolute atomic E-state index is 0.178. The van der Waals surface area contributed by atoms with E-state index in [-0.39, 0.29) is 12.7 Å². The molecule has 0 saturated carbocycles. The summed E-state index contributed by atoms with van der Waals surface area (Å²) in [4.78, 5) is 4.06. The second kappa shape index (κ2) is 5.68. The lowest BCUT2D eigenvalue weighted by molar-refractivity contribution is 0.0476. The molecule has 1 aromatic heterocycles. The third kappa shape index (κ3) is 3.49. The fourth-order valence-electron chi connectivity index (χ4n) is 1.16. The summed E-state index contributed by atoms with van der Waals surface area (Å²) in [7, 11) is 1.55. The van der Waals surface area contributed by atoms with Gasteiger partial charge < -0.3 is 14.6 Å². The first-order chi connectivity index (χ1) is 7.15. The quantitative estimate of drug-likeness (QED) is 0.754. The summed E-state index contributed by atoms with van der Waals surface area (Å²) in [5, 5.41) is 9.76. The number of aromatic nitrogens is 1. The Hall–Kier alpha value is -1.13. The van der Waals surface area contributed by atoms with E-state index in [1.807, 2.05) is 19.9 Å². The van der Waals surface area contributed by atoms with Crippen LogP contribution in [-0.4, -0.2) is 24.0 Å². The number of methoxy groups -OCH3 is 1. The van der Waals surface area contributed by atoms with Gasteiger partial charge in [0.25, 0.3) is 0 Å². The van der Waals surface area contributed by atoms with E-state index in [2.05, 4.69) is 4.98 Å². The van der Waals surface area contributed by atoms with Gasteiger partial charge in [-0.1, -0.05) is 13.8 Å². The molecule has 0 bridgehead atoms. The summed E-state index contributed by atoms with van der Waals surface area (Å²) in [5.41, 5.74) is 0.801. The molecule has 0 aromatic carbocycles. The van der Waals surface area contributed by atoms with Crippen molar-refractivity contribution in [3.63, 3.8) is 0 Å². The van der Waals surface area contributed by atoms with Gasteiger partial charge in [0.05, 0.1) is 6.10 Å². The molecule has 4 heteroatoms. The van der Waals surface area contributed by atoms with Gasteiger partial charge in [0.1, 0.15) is 0 Å². The van der Waals surface area contributed by atoms with E-state index in [4.69, 9.17) is 9.47 Å². The van der Waals surface area contributed by atoms with Crippen LogP contribution in [0.3, 0.4) is 0 Å². The Morgan fingerprint density at radius 3 is 2.60 bits per heavy atom. The summed E-state index contributed by atoms with van der Waals surface area (Å²) in [6.07, 6.45) is 1.14. The van der Waals surface area contributed by atoms with Crippen molar-refractivity contribution in [3.05, 3.63) is 23.9 Å². The van der Waals surface area contributed by atoms with Crippen LogP contribution in [0.2, 0.25) is 0 Å². The molecule has 1 rings (SSSR count). The topological polar surface area (TPSA) is 51.6 Å². The highest BCUT2D eigenvalue weighted by Crippen LogP contribution is 2.21. The molecule has 1 unspecified atom stereocenters. The highest BCUT2D eigenvalue weighted by molar-refractivity contribution is 5.19. The molecule has 0 spiro atoms. The molecule has 84 valence electrons. The van der Waals surface area contributed by atoms with E-state index >= 15 is 0 Å². The molecule has 1 atom stereocenters. The van der Waals surface area contributed by atoms with Crippen molar-refractivity contribution < 1.29 is 14.6 Å². The third-order valence-electron chi connectivity index (χ3n) is 2.06. The summed E-state index contributed by atoms with van der Waals surface area (Å²) >= 11 is 0. The predicted octanol–water partition coefficient (Wildman–Crippen LogP) is 1.75. The maximum atomic E-state index is 9.76. The number of aliphatic hydroxyl groups excluding tert-OH is 1. The molecule has 0 saturated heterocycles. The summed E-state index contributed by atoms with van der Waals surface area (Å²) in [5.74, 6) is 0.675. The molecule has 4 nitrogen and oxygen atoms in total. The SMILES string of the molecule is COCOc1ccc(C(O)C(C)C)cn1. The van der Waals surface area contributed by atoms with Crippen LogP contribution in [0.15, 0.2) is 18.3 Å². The fraction of sp³-hybridized carbons (Fsp3) is 0.545. The average molecular weight is 211 g/mol. The van der Waals surface area contributed by atoms with Crippen LogP contribution in [0.5, 0.6) is 5.88 Å². The van der Waals surface area contributed by atoms with Gasteiger partial charge in [0, 0.05) is 19.4 Å². The molecular weight excluding hydrogens is 194 g/mol. The van der Waals surface area contributed by atoms with Crippen LogP contribution in [0, 0.1) is 5.92 Å². The van der Waals surface area contributed by atoms with Gasteiger partial charge in [-0.15, -0.1) is 0 Å². The summed E-state index contributed by atoms with van der Waals surface area (Å²) in [6, 6.07) is 3.53. The van der Waals surface area contributed by atoms with Crippen molar-refractivity contribution in [2.45, 2.75) is 20.0 Å². The number of pyridine rings is 1. The largest absolute Gasteiger partial charge is 0.451 e. The van der Waals surface area contributed by atoms with Crippen LogP contribution < -0.4 is 4.74 Å². The molecule has 1 N–H and O–H groups in total. The first-order valence-electron chi connectivity index (χ1n) is 4.91. The molecule has 15 heavy (non-hydrogen) atoms. The maximum absolute atomic E-state index is 9.76. The first-order valence-corrected chi connectivity index (χ1v) is 4.91. The molecule has 0 fully saturated rings. The maximum Gasteiger partial charge on any atom is 0.215 e. The van der Waals surface area contributed by atoms with Gasteiger partial charge in [0.15, 0.2) is 6.79 Å². The number of hydrogen-bond acceptors (Lipinski definition) is 4. The van der Waals surface area contributed by atoms with E-state index < -0.39 is 6.10 Å². The van der Waals surface area contributed by atoms with E-state index in [1.165, 1.54) is 0 Å². The first kappa shape index (κ1) is 11.9. The molecule has 0 aliphatic carbocycles. The molecule has 1 aromatic rings. The lowest BCUT2D eigenvalue weighted by Crippen LogP contribution is -2.06. The van der Waals surface area contributed by atoms with Crippen molar-refractivity contribution in [1.29, 1.82) is 0 Å². The normalized spacial score (nSPS) is 12.9. The second-order valence-corrected chi connectivity index (χ2v) is 3.67. The summed E-state index contributed by atoms with van der Waals surface area (Å²) in [6.45, 7) is 4.10. The molecule has 1 heterocycles. The van der Waals surface area contributed by atoms with Gasteiger partial charge in [0.2, 0.25) is 5.88 Å². The lowest BCUT2D eigenvalue weighted by Gasteiger charge is -2.14. The molecule has 0 aliphatic heterocycles. The van der Waals surface area contributed by atoms with Crippen molar-refractivity contribution in [2.75, 3.05) is 13.9 Å². The van der Waals surface area contributed by atoms with Gasteiger partial charge in [-0.2, -0.15) is 0 Å². The minimum atomic E-state index is -0.478. The zero-order valence-electron chi connectivity index (χ0n) is 9.30. The zero-order valence-corrected chi connectivity index (χ0v) is 9.30. The Balaban J connectivity index is 2.63. The average Bonchev–Trinajstić information content (AvgIpc) is 2.26. The van der Waals surface area contributed by atoms with Crippen LogP contribution in [0.25, 0.3) is 0 Å². The highest BCUT2D eigenvalue weighted by atomic mass is 16.7. The van der Waals surface area contributed by atoms with Crippen molar-refractivity contribution in [2.24, 2.45) is 5.92 Å². The number of ether oxygens (including phenoxy) is 2. The Labute approximate surface area is 89.9 Å². The van der Waals surface area contributed by atoms with Gasteiger partial charge >= 0.3 is 0 Å². The number of aliphatic hydroxyl groups is 1. The van der Waals surface area contributed by atoms with Crippen LogP contribution >= 0.6 is 0 Å². The standard InChI is InChI=1S/C11H17NO3/c1-8(2)11(13)9-4-5-10(12-6-9)15-7-14-3/h4-6,8,11,13H,7H2,1-3H3. The minimum Gasteiger partial charge on any atom is -0.451 e. The van der Waals surface area contributed by atoms with E-state index in [0.717, 1.165) is 5.56 Å². The number of rotatable bonds is 5. The second-order valence-electron chi connectivity index (χ2n) is 3.67. The molecule has 0 radical (unpaired) electrons. The Bertz CT molecular complexity index is 284. The monoisotopic (exact) mass is 211 g/mol. The van der Waals surface area contributed by atoms with Crippen molar-refractivity contribution >= 4 is 0 Å². The van der Waals surface area contributed by atoms with Crippen LogP contribution in [0.1, 0.15) is 25.5 Å². The van der Waals surface area contributed by atoms with Crippen molar-refractivity contribution in [3.8, 4) is 5.88 Å². The van der Waals surface area contributed by atoms with E-state index in [9.17, 15) is 5.11 Å². The van der Waals surface area contributed by atoms with E-state index in [0.29, 0.717) is 5.88 Å². The van der Waals surface area contributed by atoms with Gasteiger partial charge in [-0.05, 0) is 17.5 Å². The highest BCUT2D eigenvalue weighted by Gasteiger charge is 2.12. The van der Waals surface area contributed by atoms with E-state index in [1.54, 1.807) is 19.4 Å². The van der Waals surface area contributed by atoms with Crippen LogP contribution in [0.4, 0.5) is 0 Å². The Morgan fingerprint density at radius 1 is 1.40 bits per heavy atom. The molecule has 0 aliphatic rings. The van der Waals surface area contributed by atoms with Crippen LogP contribution in [-0.2, 0) is 4.74 Å². The Morgan fingerprint density at radius 2 is 2.13 bits per heavy atom.